The van der Waals surface area contributed by atoms with Crippen LogP contribution in [0.15, 0.2) is 11.6 Å². The third-order valence-corrected chi connectivity index (χ3v) is 3.99. The topological polar surface area (TPSA) is 17.1 Å². The van der Waals surface area contributed by atoms with E-state index in [1.807, 2.05) is 0 Å². The maximum absolute atomic E-state index is 11.0. The van der Waals surface area contributed by atoms with E-state index < -0.39 is 0 Å². The molecule has 1 nitrogen and oxygen atoms in total. The van der Waals surface area contributed by atoms with E-state index in [0.29, 0.717) is 5.92 Å². The largest absolute Gasteiger partial charge is 0.302 e. The van der Waals surface area contributed by atoms with E-state index in [0.717, 1.165) is 0 Å². The average Bonchev–Trinajstić information content (AvgIpc) is 2.49. The van der Waals surface area contributed by atoms with Gasteiger partial charge in [-0.3, -0.25) is 0 Å². The Bertz CT molecular complexity index is 262. The first-order valence-electron chi connectivity index (χ1n) is 4.69. The maximum Gasteiger partial charge on any atom is 0.130 e. The molecule has 0 spiro atoms. The first kappa shape index (κ1) is 8.03. The first-order chi connectivity index (χ1) is 5.54. The first-order valence-corrected chi connectivity index (χ1v) is 4.69. The van der Waals surface area contributed by atoms with Crippen LogP contribution in [-0.2, 0) is 4.79 Å². The molecule has 2 unspecified atom stereocenters. The molecule has 0 N–H and O–H groups in total. The lowest BCUT2D eigenvalue weighted by Gasteiger charge is -2.13. The summed E-state index contributed by atoms with van der Waals surface area (Å²) in [5.41, 5.74) is 1.53. The van der Waals surface area contributed by atoms with Gasteiger partial charge in [-0.15, -0.1) is 0 Å². The van der Waals surface area contributed by atoms with Crippen LogP contribution < -0.4 is 0 Å². The highest BCUT2D eigenvalue weighted by atomic mass is 16.1. The maximum atomic E-state index is 11.0. The molecule has 0 aromatic rings. The van der Waals surface area contributed by atoms with Gasteiger partial charge in [-0.25, -0.2) is 0 Å². The second-order valence-electron chi connectivity index (χ2n) is 4.85. The minimum absolute atomic E-state index is 0.0880. The zero-order valence-corrected chi connectivity index (χ0v) is 8.05. The van der Waals surface area contributed by atoms with Crippen molar-refractivity contribution in [3.63, 3.8) is 0 Å². The van der Waals surface area contributed by atoms with E-state index in [1.165, 1.54) is 24.7 Å². The van der Waals surface area contributed by atoms with Crippen molar-refractivity contribution < 1.29 is 4.79 Å². The summed E-state index contributed by atoms with van der Waals surface area (Å²) >= 11 is 0. The van der Waals surface area contributed by atoms with Crippen molar-refractivity contribution in [3.05, 3.63) is 11.6 Å². The van der Waals surface area contributed by atoms with Crippen molar-refractivity contribution in [1.82, 2.24) is 0 Å². The number of allylic oxidation sites excluding steroid dienone is 2. The van der Waals surface area contributed by atoms with Crippen LogP contribution in [-0.4, -0.2) is 6.29 Å². The van der Waals surface area contributed by atoms with Crippen LogP contribution in [0.1, 0.15) is 33.6 Å². The van der Waals surface area contributed by atoms with Crippen molar-refractivity contribution in [3.8, 4) is 0 Å². The number of hydrogen-bond donors (Lipinski definition) is 0. The molecular formula is C11H16O. The van der Waals surface area contributed by atoms with Gasteiger partial charge in [0.05, 0.1) is 5.41 Å². The minimum Gasteiger partial charge on any atom is -0.302 e. The molecule has 1 fully saturated rings. The standard InChI is InChI=1S/C11H16O/c1-8-4-5-9-10(2,3)11(9,6-8)7-12/h6-7,9H,4-5H2,1-3H3. The van der Waals surface area contributed by atoms with Crippen LogP contribution in [0.3, 0.4) is 0 Å². The Kier molecular flexibility index (Phi) is 1.35. The predicted molar refractivity (Wildman–Crippen MR) is 48.8 cm³/mol. The third kappa shape index (κ3) is 0.675. The van der Waals surface area contributed by atoms with Crippen molar-refractivity contribution >= 4 is 6.29 Å². The molecule has 2 aliphatic rings. The van der Waals surface area contributed by atoms with Gasteiger partial charge >= 0.3 is 0 Å². The Balaban J connectivity index is 2.41. The molecule has 0 radical (unpaired) electrons. The zero-order chi connectivity index (χ0) is 8.98. The van der Waals surface area contributed by atoms with Crippen molar-refractivity contribution in [2.75, 3.05) is 0 Å². The number of carbonyl (C=O) groups is 1. The number of hydrogen-bond acceptors (Lipinski definition) is 1. The Morgan fingerprint density at radius 3 is 2.75 bits per heavy atom. The molecule has 0 amide bonds. The molecule has 12 heavy (non-hydrogen) atoms. The molecule has 66 valence electrons. The van der Waals surface area contributed by atoms with Gasteiger partial charge in [0.15, 0.2) is 0 Å². The van der Waals surface area contributed by atoms with Gasteiger partial charge in [-0.2, -0.15) is 0 Å². The summed E-state index contributed by atoms with van der Waals surface area (Å²) in [6.07, 6.45) is 5.76. The summed E-state index contributed by atoms with van der Waals surface area (Å²) in [5.74, 6) is 0.617. The van der Waals surface area contributed by atoms with E-state index in [9.17, 15) is 4.79 Å². The lowest BCUT2D eigenvalue weighted by molar-refractivity contribution is -0.112. The van der Waals surface area contributed by atoms with Gasteiger partial charge < -0.3 is 4.79 Å². The van der Waals surface area contributed by atoms with Crippen molar-refractivity contribution in [2.24, 2.45) is 16.7 Å². The van der Waals surface area contributed by atoms with Gasteiger partial charge in [0.1, 0.15) is 6.29 Å². The summed E-state index contributed by atoms with van der Waals surface area (Å²) in [7, 11) is 0. The normalized spacial score (nSPS) is 42.9. The average molecular weight is 164 g/mol. The van der Waals surface area contributed by atoms with Gasteiger partial charge in [0, 0.05) is 0 Å². The van der Waals surface area contributed by atoms with E-state index in [2.05, 4.69) is 26.8 Å². The second kappa shape index (κ2) is 2.01. The highest BCUT2D eigenvalue weighted by Gasteiger charge is 2.70. The van der Waals surface area contributed by atoms with E-state index in [4.69, 9.17) is 0 Å². The van der Waals surface area contributed by atoms with Gasteiger partial charge in [-0.05, 0) is 31.1 Å². The third-order valence-electron chi connectivity index (χ3n) is 3.99. The SMILES string of the molecule is CC1=CC2(C=O)C(CC1)C2(C)C. The molecule has 0 heterocycles. The Hall–Kier alpha value is -0.590. The van der Waals surface area contributed by atoms with Crippen LogP contribution in [0.4, 0.5) is 0 Å². The molecule has 2 rings (SSSR count). The highest BCUT2D eigenvalue weighted by Crippen LogP contribution is 2.72. The summed E-state index contributed by atoms with van der Waals surface area (Å²) in [6.45, 7) is 6.55. The number of aldehydes is 1. The van der Waals surface area contributed by atoms with E-state index in [1.54, 1.807) is 0 Å². The van der Waals surface area contributed by atoms with E-state index >= 15 is 0 Å². The molecule has 1 heteroatoms. The van der Waals surface area contributed by atoms with Crippen molar-refractivity contribution in [2.45, 2.75) is 33.6 Å². The fourth-order valence-electron chi connectivity index (χ4n) is 2.95. The van der Waals surface area contributed by atoms with Gasteiger partial charge in [-0.1, -0.05) is 25.5 Å². The van der Waals surface area contributed by atoms with Crippen LogP contribution in [0, 0.1) is 16.7 Å². The predicted octanol–water partition coefficient (Wildman–Crippen LogP) is 2.57. The molecule has 0 aliphatic heterocycles. The van der Waals surface area contributed by atoms with Crippen LogP contribution in [0.25, 0.3) is 0 Å². The van der Waals surface area contributed by atoms with E-state index in [-0.39, 0.29) is 10.8 Å². The lowest BCUT2D eigenvalue weighted by atomic mass is 9.91. The molecule has 1 saturated carbocycles. The summed E-state index contributed by atoms with van der Waals surface area (Å²) in [5, 5.41) is 0. The van der Waals surface area contributed by atoms with Crippen LogP contribution in [0.2, 0.25) is 0 Å². The molecule has 2 atom stereocenters. The van der Waals surface area contributed by atoms with Crippen LogP contribution in [0.5, 0.6) is 0 Å². The summed E-state index contributed by atoms with van der Waals surface area (Å²) in [4.78, 5) is 11.0. The van der Waals surface area contributed by atoms with Gasteiger partial charge in [0.25, 0.3) is 0 Å². The molecular weight excluding hydrogens is 148 g/mol. The van der Waals surface area contributed by atoms with Crippen molar-refractivity contribution in [1.29, 1.82) is 0 Å². The fourth-order valence-corrected chi connectivity index (χ4v) is 2.95. The molecule has 0 saturated heterocycles. The fraction of sp³-hybridized carbons (Fsp3) is 0.727. The highest BCUT2D eigenvalue weighted by molar-refractivity contribution is 5.72. The van der Waals surface area contributed by atoms with Gasteiger partial charge in [0.2, 0.25) is 0 Å². The Morgan fingerprint density at radius 1 is 1.58 bits per heavy atom. The quantitative estimate of drug-likeness (QED) is 0.430. The Labute approximate surface area is 73.8 Å². The number of rotatable bonds is 1. The second-order valence-corrected chi connectivity index (χ2v) is 4.85. The Morgan fingerprint density at radius 2 is 2.25 bits per heavy atom. The monoisotopic (exact) mass is 164 g/mol. The molecule has 0 bridgehead atoms. The van der Waals surface area contributed by atoms with Crippen LogP contribution >= 0.6 is 0 Å². The summed E-state index contributed by atoms with van der Waals surface area (Å²) < 4.78 is 0. The lowest BCUT2D eigenvalue weighted by Crippen LogP contribution is -2.10. The molecule has 0 aromatic heterocycles. The number of fused-ring (bicyclic) bond motifs is 1. The number of carbonyl (C=O) groups excluding carboxylic acids is 1. The zero-order valence-electron chi connectivity index (χ0n) is 8.05. The molecule has 0 aromatic carbocycles. The minimum atomic E-state index is -0.0880. The molecule has 2 aliphatic carbocycles. The smallest absolute Gasteiger partial charge is 0.130 e. The summed E-state index contributed by atoms with van der Waals surface area (Å²) in [6, 6.07) is 0.